The summed E-state index contributed by atoms with van der Waals surface area (Å²) >= 11 is 1.10. The second-order valence-electron chi connectivity index (χ2n) is 5.59. The fourth-order valence-corrected chi connectivity index (χ4v) is 3.07. The number of pyridine rings is 1. The van der Waals surface area contributed by atoms with Crippen LogP contribution in [0.15, 0.2) is 47.6 Å². The summed E-state index contributed by atoms with van der Waals surface area (Å²) in [7, 11) is 3.25. The fourth-order valence-electron chi connectivity index (χ4n) is 2.31. The van der Waals surface area contributed by atoms with Crippen molar-refractivity contribution in [3.05, 3.63) is 53.7 Å². The van der Waals surface area contributed by atoms with Gasteiger partial charge in [0, 0.05) is 18.8 Å². The van der Waals surface area contributed by atoms with E-state index in [0.717, 1.165) is 29.6 Å². The van der Waals surface area contributed by atoms with Gasteiger partial charge in [0.25, 0.3) is 0 Å². The molecule has 0 N–H and O–H groups in total. The summed E-state index contributed by atoms with van der Waals surface area (Å²) in [6, 6.07) is 9.45. The first kappa shape index (κ1) is 20.1. The number of carbonyl (C=O) groups is 1. The molecule has 1 atom stereocenters. The lowest BCUT2D eigenvalue weighted by Crippen LogP contribution is -2.31. The first-order valence-corrected chi connectivity index (χ1v) is 8.77. The average molecular weight is 384 g/mol. The number of amides is 1. The molecule has 0 spiro atoms. The summed E-state index contributed by atoms with van der Waals surface area (Å²) in [5.41, 5.74) is 0.0681. The zero-order valence-corrected chi connectivity index (χ0v) is 15.4. The normalized spacial score (nSPS) is 12.5. The maximum absolute atomic E-state index is 12.5. The highest BCUT2D eigenvalue weighted by Crippen LogP contribution is 2.30. The minimum Gasteiger partial charge on any atom is -0.496 e. The molecule has 2 rings (SSSR count). The van der Waals surface area contributed by atoms with Crippen molar-refractivity contribution in [2.75, 3.05) is 19.9 Å². The number of ether oxygens (including phenoxy) is 1. The summed E-state index contributed by atoms with van der Waals surface area (Å²) < 4.78 is 42.9. The number of methoxy groups -OCH3 is 1. The Hall–Kier alpha value is -2.22. The minimum atomic E-state index is -4.42. The van der Waals surface area contributed by atoms with E-state index >= 15 is 0 Å². The van der Waals surface area contributed by atoms with E-state index in [-0.39, 0.29) is 17.7 Å². The van der Waals surface area contributed by atoms with Crippen LogP contribution in [0.4, 0.5) is 13.2 Å². The molecule has 1 unspecified atom stereocenters. The molecule has 140 valence electrons. The highest BCUT2D eigenvalue weighted by Gasteiger charge is 2.30. The van der Waals surface area contributed by atoms with Crippen molar-refractivity contribution in [3.8, 4) is 5.75 Å². The lowest BCUT2D eigenvalue weighted by Gasteiger charge is -2.26. The first-order valence-electron chi connectivity index (χ1n) is 7.78. The molecule has 1 aromatic carbocycles. The molecule has 0 aliphatic heterocycles. The van der Waals surface area contributed by atoms with Crippen LogP contribution in [0, 0.1) is 0 Å². The number of thioether (sulfide) groups is 1. The Balaban J connectivity index is 1.98. The van der Waals surface area contributed by atoms with Gasteiger partial charge in [-0.25, -0.2) is 4.98 Å². The van der Waals surface area contributed by atoms with E-state index in [9.17, 15) is 18.0 Å². The number of carbonyl (C=O) groups excluding carboxylic acids is 1. The van der Waals surface area contributed by atoms with Crippen LogP contribution in [-0.2, 0) is 11.0 Å². The van der Waals surface area contributed by atoms with E-state index in [1.807, 2.05) is 31.2 Å². The molecule has 0 aliphatic rings. The van der Waals surface area contributed by atoms with Crippen molar-refractivity contribution in [2.24, 2.45) is 0 Å². The average Bonchev–Trinajstić information content (AvgIpc) is 2.64. The summed E-state index contributed by atoms with van der Waals surface area (Å²) in [5.74, 6) is 0.612. The van der Waals surface area contributed by atoms with E-state index in [1.54, 1.807) is 19.1 Å². The Bertz CT molecular complexity index is 751. The van der Waals surface area contributed by atoms with E-state index in [4.69, 9.17) is 4.74 Å². The van der Waals surface area contributed by atoms with Gasteiger partial charge in [0.2, 0.25) is 5.91 Å². The summed E-state index contributed by atoms with van der Waals surface area (Å²) in [5, 5.41) is 0.365. The highest BCUT2D eigenvalue weighted by molar-refractivity contribution is 7.99. The number of aromatic nitrogens is 1. The zero-order chi connectivity index (χ0) is 19.3. The lowest BCUT2D eigenvalue weighted by atomic mass is 10.1. The van der Waals surface area contributed by atoms with Crippen LogP contribution < -0.4 is 4.74 Å². The van der Waals surface area contributed by atoms with Crippen molar-refractivity contribution >= 4 is 17.7 Å². The van der Waals surface area contributed by atoms with Gasteiger partial charge in [0.05, 0.1) is 29.5 Å². The van der Waals surface area contributed by atoms with E-state index < -0.39 is 11.7 Å². The largest absolute Gasteiger partial charge is 0.496 e. The molecule has 0 aliphatic carbocycles. The van der Waals surface area contributed by atoms with Crippen molar-refractivity contribution in [1.82, 2.24) is 9.88 Å². The van der Waals surface area contributed by atoms with Crippen LogP contribution in [0.1, 0.15) is 24.1 Å². The monoisotopic (exact) mass is 384 g/mol. The zero-order valence-electron chi connectivity index (χ0n) is 14.6. The second kappa shape index (κ2) is 8.44. The van der Waals surface area contributed by atoms with Crippen LogP contribution in [0.3, 0.4) is 0 Å². The Morgan fingerprint density at radius 2 is 1.96 bits per heavy atom. The van der Waals surface area contributed by atoms with Gasteiger partial charge < -0.3 is 9.64 Å². The molecule has 8 heteroatoms. The van der Waals surface area contributed by atoms with Gasteiger partial charge in [-0.1, -0.05) is 30.0 Å². The van der Waals surface area contributed by atoms with Gasteiger partial charge in [-0.2, -0.15) is 13.2 Å². The number of halogens is 3. The van der Waals surface area contributed by atoms with Crippen molar-refractivity contribution in [3.63, 3.8) is 0 Å². The number of alkyl halides is 3. The van der Waals surface area contributed by atoms with Crippen LogP contribution in [0.25, 0.3) is 0 Å². The van der Waals surface area contributed by atoms with Crippen LogP contribution in [0.5, 0.6) is 5.75 Å². The number of rotatable bonds is 6. The first-order chi connectivity index (χ1) is 12.2. The number of hydrogen-bond donors (Lipinski definition) is 0. The molecular weight excluding hydrogens is 365 g/mol. The molecule has 0 bridgehead atoms. The molecule has 1 amide bonds. The van der Waals surface area contributed by atoms with Gasteiger partial charge in [0.1, 0.15) is 5.75 Å². The smallest absolute Gasteiger partial charge is 0.417 e. The second-order valence-corrected chi connectivity index (χ2v) is 6.59. The predicted molar refractivity (Wildman–Crippen MR) is 94.1 cm³/mol. The van der Waals surface area contributed by atoms with Crippen molar-refractivity contribution < 1.29 is 22.7 Å². The molecule has 1 aromatic heterocycles. The molecule has 4 nitrogen and oxygen atoms in total. The Morgan fingerprint density at radius 3 is 2.54 bits per heavy atom. The van der Waals surface area contributed by atoms with E-state index in [2.05, 4.69) is 4.98 Å². The number of benzene rings is 1. The quantitative estimate of drug-likeness (QED) is 0.692. The SMILES string of the molecule is COc1ccccc1C(C)N(C)C(=O)CSc1ccc(C(F)(F)F)cn1. The van der Waals surface area contributed by atoms with Crippen LogP contribution >= 0.6 is 11.8 Å². The standard InChI is InChI=1S/C18H19F3N2O2S/c1-12(14-6-4-5-7-15(14)25-3)23(2)17(24)11-26-16-9-8-13(10-22-16)18(19,20)21/h4-10,12H,11H2,1-3H3. The number of hydrogen-bond acceptors (Lipinski definition) is 4. The Morgan fingerprint density at radius 1 is 1.27 bits per heavy atom. The summed E-state index contributed by atoms with van der Waals surface area (Å²) in [6.45, 7) is 1.89. The molecule has 0 saturated carbocycles. The van der Waals surface area contributed by atoms with Gasteiger partial charge >= 0.3 is 6.18 Å². The Kier molecular flexibility index (Phi) is 6.52. The van der Waals surface area contributed by atoms with Gasteiger partial charge in [0.15, 0.2) is 0 Å². The summed E-state index contributed by atoms with van der Waals surface area (Å²) in [4.78, 5) is 17.8. The number of para-hydroxylation sites is 1. The topological polar surface area (TPSA) is 42.4 Å². The molecule has 2 aromatic rings. The summed E-state index contributed by atoms with van der Waals surface area (Å²) in [6.07, 6.45) is -3.65. The van der Waals surface area contributed by atoms with Gasteiger partial charge in [-0.3, -0.25) is 4.79 Å². The third kappa shape index (κ3) is 4.91. The Labute approximate surface area is 154 Å². The van der Waals surface area contributed by atoms with E-state index in [1.165, 1.54) is 6.07 Å². The number of nitrogens with zero attached hydrogens (tertiary/aromatic N) is 2. The fraction of sp³-hybridized carbons (Fsp3) is 0.333. The van der Waals surface area contributed by atoms with E-state index in [0.29, 0.717) is 10.8 Å². The maximum atomic E-state index is 12.5. The molecule has 0 saturated heterocycles. The lowest BCUT2D eigenvalue weighted by molar-refractivity contribution is -0.138. The van der Waals surface area contributed by atoms with Crippen LogP contribution in [-0.4, -0.2) is 35.7 Å². The highest BCUT2D eigenvalue weighted by atomic mass is 32.2. The van der Waals surface area contributed by atoms with Gasteiger partial charge in [-0.05, 0) is 25.1 Å². The molecule has 0 radical (unpaired) electrons. The third-order valence-corrected chi connectivity index (χ3v) is 4.90. The predicted octanol–water partition coefficient (Wildman–Crippen LogP) is 4.42. The third-order valence-electron chi connectivity index (χ3n) is 3.97. The van der Waals surface area contributed by atoms with Crippen molar-refractivity contribution in [1.29, 1.82) is 0 Å². The molecule has 1 heterocycles. The van der Waals surface area contributed by atoms with Crippen molar-refractivity contribution in [2.45, 2.75) is 24.2 Å². The molecular formula is C18H19F3N2O2S. The van der Waals surface area contributed by atoms with Crippen LogP contribution in [0.2, 0.25) is 0 Å². The maximum Gasteiger partial charge on any atom is 0.417 e. The minimum absolute atomic E-state index is 0.0777. The van der Waals surface area contributed by atoms with Gasteiger partial charge in [-0.15, -0.1) is 0 Å². The molecule has 0 fully saturated rings. The molecule has 26 heavy (non-hydrogen) atoms.